The van der Waals surface area contributed by atoms with Crippen LogP contribution < -0.4 is 4.89 Å². The number of phosphoric ester groups is 1. The van der Waals surface area contributed by atoms with Gasteiger partial charge in [0.1, 0.15) is 19.8 Å². The van der Waals surface area contributed by atoms with E-state index in [9.17, 15) is 19.0 Å². The lowest BCUT2D eigenvalue weighted by Gasteiger charge is -2.28. The maximum atomic E-state index is 12.9. The molecule has 0 N–H and O–H groups in total. The normalized spacial score (nSPS) is 13.3. The van der Waals surface area contributed by atoms with Crippen molar-refractivity contribution in [3.63, 3.8) is 0 Å². The molecule has 0 saturated carbocycles. The molecule has 2 atom stereocenters. The van der Waals surface area contributed by atoms with Gasteiger partial charge in [-0.15, -0.1) is 0 Å². The van der Waals surface area contributed by atoms with E-state index in [2.05, 4.69) is 62.5 Å². The number of phosphoric acid groups is 1. The summed E-state index contributed by atoms with van der Waals surface area (Å²) < 4.78 is 34.4. The second-order valence-corrected chi connectivity index (χ2v) is 28.1. The molecular formula is C76H144NO8P. The summed E-state index contributed by atoms with van der Waals surface area (Å²) in [5, 5.41) is 0. The van der Waals surface area contributed by atoms with Gasteiger partial charge in [-0.3, -0.25) is 14.2 Å². The van der Waals surface area contributed by atoms with Gasteiger partial charge in [0.05, 0.1) is 27.7 Å². The van der Waals surface area contributed by atoms with Crippen LogP contribution in [0, 0.1) is 0 Å². The lowest BCUT2D eigenvalue weighted by atomic mass is 10.0. The van der Waals surface area contributed by atoms with Gasteiger partial charge in [-0.05, 0) is 51.4 Å². The smallest absolute Gasteiger partial charge is 0.306 e. The number of carbonyl (C=O) groups excluding carboxylic acids is 2. The minimum Gasteiger partial charge on any atom is -0.756 e. The first-order chi connectivity index (χ1) is 42.0. The van der Waals surface area contributed by atoms with E-state index in [0.717, 1.165) is 57.8 Å². The Kier molecular flexibility index (Phi) is 65.8. The van der Waals surface area contributed by atoms with Crippen LogP contribution in [0.4, 0.5) is 0 Å². The van der Waals surface area contributed by atoms with Crippen LogP contribution in [0.5, 0.6) is 0 Å². The number of carbonyl (C=O) groups is 2. The lowest BCUT2D eigenvalue weighted by molar-refractivity contribution is -0.870. The summed E-state index contributed by atoms with van der Waals surface area (Å²) in [7, 11) is 1.19. The quantitative estimate of drug-likeness (QED) is 0.0195. The molecule has 0 heterocycles. The fourth-order valence-electron chi connectivity index (χ4n) is 11.2. The molecule has 0 rings (SSSR count). The highest BCUT2D eigenvalue weighted by molar-refractivity contribution is 7.45. The molecule has 0 aromatic heterocycles. The van der Waals surface area contributed by atoms with E-state index in [0.29, 0.717) is 17.4 Å². The minimum atomic E-state index is -4.64. The molecule has 0 aliphatic heterocycles. The third-order valence-corrected chi connectivity index (χ3v) is 17.8. The second kappa shape index (κ2) is 67.4. The number of nitrogens with zero attached hydrogens (tertiary/aromatic N) is 1. The summed E-state index contributed by atoms with van der Waals surface area (Å²) in [6.45, 7) is 4.20. The third kappa shape index (κ3) is 71.1. The van der Waals surface area contributed by atoms with Crippen molar-refractivity contribution in [1.29, 1.82) is 0 Å². The predicted octanol–water partition coefficient (Wildman–Crippen LogP) is 23.8. The average molecular weight is 1230 g/mol. The van der Waals surface area contributed by atoms with Crippen LogP contribution in [0.1, 0.15) is 373 Å². The lowest BCUT2D eigenvalue weighted by Crippen LogP contribution is -2.37. The van der Waals surface area contributed by atoms with Gasteiger partial charge in [-0.1, -0.05) is 358 Å². The topological polar surface area (TPSA) is 111 Å². The molecular weight excluding hydrogens is 1090 g/mol. The van der Waals surface area contributed by atoms with E-state index in [1.54, 1.807) is 0 Å². The third-order valence-electron chi connectivity index (χ3n) is 16.9. The van der Waals surface area contributed by atoms with Gasteiger partial charge in [-0.25, -0.2) is 0 Å². The molecule has 86 heavy (non-hydrogen) atoms. The summed E-state index contributed by atoms with van der Waals surface area (Å²) >= 11 is 0. The zero-order valence-electron chi connectivity index (χ0n) is 57.8. The van der Waals surface area contributed by atoms with Gasteiger partial charge in [0, 0.05) is 12.8 Å². The summed E-state index contributed by atoms with van der Waals surface area (Å²) in [4.78, 5) is 38.1. The Bertz CT molecular complexity index is 1590. The maximum absolute atomic E-state index is 12.9. The molecule has 0 aromatic carbocycles. The van der Waals surface area contributed by atoms with Gasteiger partial charge in [0.15, 0.2) is 6.10 Å². The van der Waals surface area contributed by atoms with E-state index in [-0.39, 0.29) is 32.0 Å². The molecule has 506 valence electrons. The highest BCUT2D eigenvalue weighted by atomic mass is 31.2. The van der Waals surface area contributed by atoms with Gasteiger partial charge >= 0.3 is 11.9 Å². The van der Waals surface area contributed by atoms with Gasteiger partial charge < -0.3 is 27.9 Å². The molecule has 0 aromatic rings. The van der Waals surface area contributed by atoms with Crippen LogP contribution in [-0.4, -0.2) is 70.0 Å². The van der Waals surface area contributed by atoms with E-state index < -0.39 is 26.5 Å². The highest BCUT2D eigenvalue weighted by Gasteiger charge is 2.22. The number of unbranched alkanes of at least 4 members (excludes halogenated alkanes) is 48. The highest BCUT2D eigenvalue weighted by Crippen LogP contribution is 2.38. The summed E-state index contributed by atoms with van der Waals surface area (Å²) in [5.41, 5.74) is 0. The van der Waals surface area contributed by atoms with E-state index >= 15 is 0 Å². The number of ether oxygens (including phenoxy) is 2. The monoisotopic (exact) mass is 1230 g/mol. The van der Waals surface area contributed by atoms with Crippen molar-refractivity contribution in [1.82, 2.24) is 0 Å². The van der Waals surface area contributed by atoms with E-state index in [1.807, 2.05) is 21.1 Å². The number of hydrogen-bond donors (Lipinski definition) is 0. The van der Waals surface area contributed by atoms with Crippen molar-refractivity contribution in [3.8, 4) is 0 Å². The molecule has 0 amide bonds. The molecule has 0 saturated heterocycles. The van der Waals surface area contributed by atoms with E-state index in [4.69, 9.17) is 18.5 Å². The second-order valence-electron chi connectivity index (χ2n) is 26.6. The number of rotatable bonds is 70. The number of allylic oxidation sites excluding steroid dienone is 8. The van der Waals surface area contributed by atoms with Crippen molar-refractivity contribution >= 4 is 19.8 Å². The van der Waals surface area contributed by atoms with Crippen molar-refractivity contribution in [2.75, 3.05) is 47.5 Å². The van der Waals surface area contributed by atoms with Crippen molar-refractivity contribution in [2.24, 2.45) is 0 Å². The van der Waals surface area contributed by atoms with Crippen LogP contribution in [-0.2, 0) is 32.7 Å². The van der Waals surface area contributed by atoms with Crippen molar-refractivity contribution in [2.45, 2.75) is 380 Å². The first kappa shape index (κ1) is 84.0. The minimum absolute atomic E-state index is 0.0270. The SMILES string of the molecule is CC/C=C\C/C=C\C/C=C\C/C=C\CCCCCCCCCCCCCCCCCCCCCCCCCCCCC(=O)OC(COC(=O)CCCCCCCCCCCCCCCCCCCCCCCCC)COP(=O)([O-])OCC[N+](C)(C)C. The van der Waals surface area contributed by atoms with Crippen LogP contribution in [0.25, 0.3) is 0 Å². The summed E-state index contributed by atoms with van der Waals surface area (Å²) in [6, 6.07) is 0. The van der Waals surface area contributed by atoms with Gasteiger partial charge in [0.25, 0.3) is 7.82 Å². The summed E-state index contributed by atoms with van der Waals surface area (Å²) in [5.74, 6) is -0.808. The Morgan fingerprint density at radius 3 is 0.988 bits per heavy atom. The van der Waals surface area contributed by atoms with Crippen molar-refractivity contribution in [3.05, 3.63) is 48.6 Å². The fraction of sp³-hybridized carbons (Fsp3) is 0.868. The van der Waals surface area contributed by atoms with E-state index in [1.165, 1.54) is 283 Å². The molecule has 0 spiro atoms. The first-order valence-corrected chi connectivity index (χ1v) is 38.8. The van der Waals surface area contributed by atoms with Crippen LogP contribution in [0.15, 0.2) is 48.6 Å². The Morgan fingerprint density at radius 2 is 0.663 bits per heavy atom. The summed E-state index contributed by atoms with van der Waals surface area (Å²) in [6.07, 6.45) is 87.9. The number of quaternary nitrogens is 1. The Hall–Kier alpha value is -2.03. The molecule has 0 aliphatic carbocycles. The fourth-order valence-corrected chi connectivity index (χ4v) is 11.9. The largest absolute Gasteiger partial charge is 0.756 e. The predicted molar refractivity (Wildman–Crippen MR) is 370 cm³/mol. The molecule has 0 fully saturated rings. The standard InChI is InChI=1S/C76H144NO8P/c1-6-8-10-12-14-16-18-20-22-24-26-28-30-31-32-33-34-35-36-37-38-39-40-41-42-43-44-45-47-49-51-53-55-57-59-61-63-65-67-69-76(79)85-74(73-84-86(80,81)83-71-70-77(3,4)5)72-82-75(78)68-66-64-62-60-58-56-54-52-50-48-46-29-27-25-23-21-19-17-15-13-11-9-7-2/h8,10,14,16,20,22,26,28,74H,6-7,9,11-13,15,17-19,21,23-25,27,29-73H2,1-5H3/b10-8-,16-14-,22-20-,28-26-. The Labute approximate surface area is 534 Å². The number of hydrogen-bond acceptors (Lipinski definition) is 8. The number of likely N-dealkylation sites (N-methyl/N-ethyl adjacent to an activating group) is 1. The Balaban J connectivity index is 3.90. The molecule has 0 radical (unpaired) electrons. The average Bonchev–Trinajstić information content (AvgIpc) is 3.56. The van der Waals surface area contributed by atoms with Crippen LogP contribution >= 0.6 is 7.82 Å². The Morgan fingerprint density at radius 1 is 0.372 bits per heavy atom. The molecule has 9 nitrogen and oxygen atoms in total. The zero-order valence-corrected chi connectivity index (χ0v) is 58.7. The molecule has 2 unspecified atom stereocenters. The molecule has 0 aliphatic rings. The number of esters is 2. The zero-order chi connectivity index (χ0) is 62.6. The van der Waals surface area contributed by atoms with Crippen molar-refractivity contribution < 1.29 is 42.1 Å². The van der Waals surface area contributed by atoms with Gasteiger partial charge in [-0.2, -0.15) is 0 Å². The maximum Gasteiger partial charge on any atom is 0.306 e. The van der Waals surface area contributed by atoms with Crippen LogP contribution in [0.2, 0.25) is 0 Å². The molecule has 10 heteroatoms. The van der Waals surface area contributed by atoms with Crippen LogP contribution in [0.3, 0.4) is 0 Å². The first-order valence-electron chi connectivity index (χ1n) is 37.3. The molecule has 0 bridgehead atoms. The van der Waals surface area contributed by atoms with Gasteiger partial charge in [0.2, 0.25) is 0 Å².